The smallest absolute Gasteiger partial charge is 0.335 e. The Bertz CT molecular complexity index is 5510. The maximum Gasteiger partial charge on any atom is 0.335 e. The van der Waals surface area contributed by atoms with Crippen LogP contribution in [-0.2, 0) is 87.0 Å². The number of aromatic amines is 3. The second kappa shape index (κ2) is 48.5. The minimum absolute atomic E-state index is 0.0292. The number of hydrogen-bond donors (Lipinski definition) is 4. The van der Waals surface area contributed by atoms with E-state index in [9.17, 15) is 50.7 Å². The standard InChI is InChI=1S/C26H45N3O9S2Si2.C25H40N4O7SSi2.C21H38N2O7Si2.C7H6N4S.C5H10O2S.C5H10O/c1-16(2)41(17(3)4)34-15-20-22(37-42(38-41,18(5)6)19(7)8)23(24(35-20)29-10-9-21(30)27-25(29)31)36-26(39)28-11-13-40(32,33)14-12-28;1-15(2)38(16(3)4)32-13-19-21(35-39(36-38,17(5)6)18(7)8)22(34-25(37)28-12-10-26-14-28)23(33-19)29-11-9-20(30)27-24(29)31;1-12(2)31(13(3)4)27-11-16-19(29-32(30-31,14(5)6)15(7)8)18(25)20(28-16)23-10-9-17(24)22-21(23)26;12-7(10-3-1-8-5-10)11-4-2-9-6-11;6-8(7)4-2-1-3-5-8;1-5-3-2-4-6-5/h9-10,16-20,22-24H,11-15H2,1-8H3,(H,27,30,31);9-12,14-19,21-23H,13H2,1-8H3,(H,27,30,31);9-10,12-16,18-20,25H,11H2,1-8H3,(H,22,24,26);1-6H;1-5H2;5H,2-4H2,1H3/t20-,22?,23+,24-;19-,21?,22+,23-;16-,18+,19?,20-;;;/m111.../s1. The van der Waals surface area contributed by atoms with Crippen molar-refractivity contribution in [3.63, 3.8) is 0 Å². The highest BCUT2D eigenvalue weighted by atomic mass is 32.2. The van der Waals surface area contributed by atoms with Crippen LogP contribution in [0.1, 0.15) is 224 Å². The van der Waals surface area contributed by atoms with Crippen LogP contribution in [0.2, 0.25) is 66.5 Å². The van der Waals surface area contributed by atoms with Gasteiger partial charge in [-0.2, -0.15) is 0 Å². The third-order valence-corrected chi connectivity index (χ3v) is 62.3. The number of aliphatic hydroxyl groups excluding tert-OH is 1. The van der Waals surface area contributed by atoms with E-state index in [0.717, 1.165) is 25.9 Å². The molecule has 13 atom stereocenters. The monoisotopic (exact) mass is 2140 g/mol. The van der Waals surface area contributed by atoms with E-state index in [2.05, 4.69) is 203 Å². The van der Waals surface area contributed by atoms with E-state index in [1.54, 1.807) is 68.4 Å². The van der Waals surface area contributed by atoms with Crippen LogP contribution in [0.3, 0.4) is 0 Å². The first-order valence-corrected chi connectivity index (χ1v) is 65.2. The minimum Gasteiger partial charge on any atom is -0.460 e. The molecule has 9 fully saturated rings. The molecule has 9 saturated heterocycles. The molecule has 6 aromatic rings. The van der Waals surface area contributed by atoms with Gasteiger partial charge < -0.3 is 77.3 Å². The highest BCUT2D eigenvalue weighted by Gasteiger charge is 2.67. The van der Waals surface area contributed by atoms with Crippen LogP contribution >= 0.6 is 36.7 Å². The Balaban J connectivity index is 0.000000190. The average molecular weight is 2150 g/mol. The molecule has 0 bridgehead atoms. The van der Waals surface area contributed by atoms with Gasteiger partial charge in [0.25, 0.3) is 27.0 Å². The summed E-state index contributed by atoms with van der Waals surface area (Å²) in [7, 11) is -23.1. The zero-order valence-corrected chi connectivity index (χ0v) is 94.9. The van der Waals surface area contributed by atoms with E-state index >= 15 is 0 Å². The molecule has 4 N–H and O–H groups in total. The summed E-state index contributed by atoms with van der Waals surface area (Å²) in [5.41, 5.74) is -2.02. The highest BCUT2D eigenvalue weighted by Crippen LogP contribution is 2.53. The van der Waals surface area contributed by atoms with E-state index in [1.807, 2.05) is 0 Å². The van der Waals surface area contributed by atoms with Crippen LogP contribution in [0.15, 0.2) is 122 Å². The Hall–Kier alpha value is -6.02. The van der Waals surface area contributed by atoms with Crippen LogP contribution in [-0.4, -0.2) is 275 Å². The molecule has 9 aliphatic heterocycles. The molecule has 0 radical (unpaired) electrons. The number of nitrogens with one attached hydrogen (secondary N) is 3. The van der Waals surface area contributed by atoms with Crippen LogP contribution in [0.5, 0.6) is 0 Å². The molecule has 0 aliphatic carbocycles. The summed E-state index contributed by atoms with van der Waals surface area (Å²) in [6, 6.07) is 3.75. The van der Waals surface area contributed by atoms with Crippen molar-refractivity contribution >= 4 is 123 Å². The second-order valence-corrected chi connectivity index (χ2v) is 72.7. The van der Waals surface area contributed by atoms with E-state index in [4.69, 9.17) is 104 Å². The van der Waals surface area contributed by atoms with Crippen LogP contribution in [0.4, 0.5) is 0 Å². The Kier molecular flexibility index (Phi) is 40.1. The van der Waals surface area contributed by atoms with E-state index in [1.165, 1.54) is 69.7 Å². The Morgan fingerprint density at radius 1 is 0.410 bits per heavy atom. The van der Waals surface area contributed by atoms with Crippen molar-refractivity contribution in [3.05, 3.63) is 155 Å². The van der Waals surface area contributed by atoms with Gasteiger partial charge in [-0.1, -0.05) is 173 Å². The molecule has 0 aromatic carbocycles. The summed E-state index contributed by atoms with van der Waals surface area (Å²) in [5.74, 6) is 0.789. The van der Waals surface area contributed by atoms with Crippen molar-refractivity contribution in [2.24, 2.45) is 0 Å². The van der Waals surface area contributed by atoms with Crippen molar-refractivity contribution in [3.8, 4) is 0 Å². The SMILES string of the molecule is CC(C)[Si]1(C(C)C)OC[C@H]2O[C@@H](n3ccc(=O)[nH]c3=O)[C@@H](O)C2O[Si](C(C)C)(C(C)C)O1.CC(C)[Si]1(C(C)C)OC[C@H]2O[C@@H](n3ccc(=O)[nH]c3=O)[C@@H](OC(=S)N3CCS(=O)(=O)CC3)C2O[Si](C(C)C)(C(C)C)O1.CC(C)[Si]1(C(C)C)OC[C@H]2O[C@@H](n3ccc(=O)[nH]c3=O)[C@@H](OC(=S)n3ccnc3)C2O[Si](C(C)C)(C(C)C)O1.CC1CCCO1.O=S1(=O)CCCCC1.S=C(n1ccnc1)n1ccnc1. The molecule has 780 valence electrons. The lowest BCUT2D eigenvalue weighted by molar-refractivity contribution is -0.0600. The van der Waals surface area contributed by atoms with E-state index in [-0.39, 0.29) is 121 Å². The lowest BCUT2D eigenvalue weighted by atomic mass is 10.1. The van der Waals surface area contributed by atoms with Crippen molar-refractivity contribution in [1.82, 2.24) is 62.2 Å². The average Bonchev–Trinajstić information content (AvgIpc) is 1.60. The number of thiocarbonyl (C=S) groups is 3. The van der Waals surface area contributed by atoms with Gasteiger partial charge in [0.2, 0.25) is 0 Å². The summed E-state index contributed by atoms with van der Waals surface area (Å²) >= 11 is 16.4. The number of aromatic nitrogens is 12. The van der Waals surface area contributed by atoms with Gasteiger partial charge in [0, 0.05) is 93.7 Å². The number of ether oxygens (including phenoxy) is 6. The number of H-pyrrole nitrogens is 3. The predicted molar refractivity (Wildman–Crippen MR) is 551 cm³/mol. The number of nitrogens with zero attached hydrogens (tertiary/aromatic N) is 10. The topological polar surface area (TPSA) is 448 Å². The number of rotatable bonds is 17. The first-order chi connectivity index (χ1) is 65.2. The first kappa shape index (κ1) is 115. The molecular weight excluding hydrogens is 2000 g/mol. The van der Waals surface area contributed by atoms with Crippen LogP contribution < -0.4 is 33.7 Å². The Morgan fingerprint density at radius 3 is 1.01 bits per heavy atom. The zero-order chi connectivity index (χ0) is 103. The number of imidazole rings is 3. The molecule has 50 heteroatoms. The fourth-order valence-corrected chi connectivity index (χ4v) is 56.4. The molecular formula is C89H149N13O26S5Si6. The zero-order valence-electron chi connectivity index (χ0n) is 84.9. The molecule has 15 rings (SSSR count). The summed E-state index contributed by atoms with van der Waals surface area (Å²) in [4.78, 5) is 93.8. The molecule has 4 unspecified atom stereocenters. The normalized spacial score (nSPS) is 27.1. The lowest BCUT2D eigenvalue weighted by Gasteiger charge is -2.51. The number of sulfone groups is 2. The minimum atomic E-state index is -3.14. The number of fused-ring (bicyclic) bond motifs is 3. The van der Waals surface area contributed by atoms with Gasteiger partial charge in [0.15, 0.2) is 45.8 Å². The maximum atomic E-state index is 13.0. The van der Waals surface area contributed by atoms with Crippen LogP contribution in [0.25, 0.3) is 0 Å². The van der Waals surface area contributed by atoms with Gasteiger partial charge >= 0.3 is 68.4 Å². The van der Waals surface area contributed by atoms with E-state index in [0.29, 0.717) is 22.7 Å². The summed E-state index contributed by atoms with van der Waals surface area (Å²) in [5, 5.41) is 12.1. The predicted octanol–water partition coefficient (Wildman–Crippen LogP) is 11.9. The van der Waals surface area contributed by atoms with Gasteiger partial charge in [-0.15, -0.1) is 0 Å². The first-order valence-electron chi connectivity index (χ1n) is 48.5. The van der Waals surface area contributed by atoms with Crippen molar-refractivity contribution in [2.45, 2.75) is 351 Å². The molecule has 15 heterocycles. The quantitative estimate of drug-likeness (QED) is 0.0486. The molecule has 0 spiro atoms. The molecule has 0 saturated carbocycles. The lowest BCUT2D eigenvalue weighted by Crippen LogP contribution is -2.66. The number of hydrogen-bond acceptors (Lipinski definition) is 32. The third-order valence-electron chi connectivity index (χ3n) is 27.1. The molecule has 139 heavy (non-hydrogen) atoms. The largest absolute Gasteiger partial charge is 0.460 e. The van der Waals surface area contributed by atoms with Crippen molar-refractivity contribution < 1.29 is 89.3 Å². The fourth-order valence-electron chi connectivity index (χ4n) is 19.4. The Labute approximate surface area is 838 Å². The van der Waals surface area contributed by atoms with Crippen molar-refractivity contribution in [1.29, 1.82) is 0 Å². The summed E-state index contributed by atoms with van der Waals surface area (Å²) < 4.78 is 154. The number of aliphatic hydroxyl groups is 1. The molecule has 6 aromatic heterocycles. The van der Waals surface area contributed by atoms with Gasteiger partial charge in [-0.25, -0.2) is 46.2 Å². The summed E-state index contributed by atoms with van der Waals surface area (Å²) in [6.45, 7) is 55.2. The molecule has 0 amide bonds. The van der Waals surface area contributed by atoms with Crippen LogP contribution in [0, 0.1) is 0 Å². The molecule has 9 aliphatic rings. The second-order valence-electron chi connectivity index (χ2n) is 40.5. The Morgan fingerprint density at radius 2 is 0.719 bits per heavy atom. The molecule has 39 nitrogen and oxygen atoms in total. The van der Waals surface area contributed by atoms with Gasteiger partial charge in [-0.05, 0) is 136 Å². The van der Waals surface area contributed by atoms with Gasteiger partial charge in [0.05, 0.1) is 48.9 Å². The summed E-state index contributed by atoms with van der Waals surface area (Å²) in [6.07, 6.45) is 15.5. The highest BCUT2D eigenvalue weighted by molar-refractivity contribution is 7.91. The fraction of sp³-hybridized carbons (Fsp3) is 0.730. The van der Waals surface area contributed by atoms with Gasteiger partial charge in [0.1, 0.15) is 71.5 Å². The van der Waals surface area contributed by atoms with Crippen molar-refractivity contribution in [2.75, 3.05) is 62.5 Å². The maximum absolute atomic E-state index is 13.0. The third kappa shape index (κ3) is 26.5. The van der Waals surface area contributed by atoms with Gasteiger partial charge in [-0.3, -0.25) is 56.7 Å². The van der Waals surface area contributed by atoms with E-state index < -0.39 is 178 Å².